The van der Waals surface area contributed by atoms with Crippen LogP contribution in [0.25, 0.3) is 0 Å². The number of rotatable bonds is 13. The molecule has 3 aromatic rings. The van der Waals surface area contributed by atoms with E-state index in [2.05, 4.69) is 24.1 Å². The van der Waals surface area contributed by atoms with E-state index in [1.54, 1.807) is 30.2 Å². The normalized spacial score (nSPS) is 16.6. The minimum Gasteiger partial charge on any atom is -0.497 e. The zero-order valence-corrected chi connectivity index (χ0v) is 23.7. The molecular weight excluding hydrogens is 505 g/mol. The molecule has 0 spiro atoms. The summed E-state index contributed by atoms with van der Waals surface area (Å²) in [4.78, 5) is 32.1. The summed E-state index contributed by atoms with van der Waals surface area (Å²) in [7, 11) is 1.61. The predicted octanol–water partition coefficient (Wildman–Crippen LogP) is 5.94. The Morgan fingerprint density at radius 1 is 0.950 bits per heavy atom. The Kier molecular flexibility index (Phi) is 10.3. The number of ether oxygens (including phenoxy) is 1. The van der Waals surface area contributed by atoms with Crippen LogP contribution in [-0.4, -0.2) is 54.9 Å². The van der Waals surface area contributed by atoms with Crippen molar-refractivity contribution in [3.63, 3.8) is 0 Å². The van der Waals surface area contributed by atoms with Gasteiger partial charge in [0.2, 0.25) is 5.91 Å². The molecule has 0 aromatic heterocycles. The first-order valence-electron chi connectivity index (χ1n) is 14.2. The monoisotopic (exact) mass is 545 g/mol. The number of halogens is 1. The quantitative estimate of drug-likeness (QED) is 0.270. The lowest BCUT2D eigenvalue weighted by molar-refractivity contribution is -0.124. The van der Waals surface area contributed by atoms with Gasteiger partial charge in [-0.15, -0.1) is 0 Å². The summed E-state index contributed by atoms with van der Waals surface area (Å²) >= 11 is 0. The summed E-state index contributed by atoms with van der Waals surface area (Å²) in [6.07, 6.45) is 3.06. The second kappa shape index (κ2) is 14.1. The fraction of sp³-hybridized carbons (Fsp3) is 0.394. The van der Waals surface area contributed by atoms with Gasteiger partial charge in [0, 0.05) is 18.7 Å². The lowest BCUT2D eigenvalue weighted by Crippen LogP contribution is -2.47. The van der Waals surface area contributed by atoms with Crippen LogP contribution in [0.2, 0.25) is 0 Å². The number of hydrogen-bond donors (Lipinski definition) is 1. The minimum absolute atomic E-state index is 0.109. The second-order valence-corrected chi connectivity index (χ2v) is 10.3. The highest BCUT2D eigenvalue weighted by Crippen LogP contribution is 2.44. The standard InChI is InChI=1S/C33H40FN3O3/c1-4-20-36(21-5-2)22-8-19-35-32(38)30-28-9-6-7-10-29(28)33(39)37(23-24-11-15-26(34)16-12-24)31(30)25-13-17-27(40-3)18-14-25/h6-7,9-18,30-31H,4-5,8,19-23H2,1-3H3,(H,35,38). The predicted molar refractivity (Wildman–Crippen MR) is 156 cm³/mol. The fourth-order valence-electron chi connectivity index (χ4n) is 5.60. The molecule has 2 atom stereocenters. The van der Waals surface area contributed by atoms with Crippen molar-refractivity contribution in [2.24, 2.45) is 0 Å². The number of methoxy groups -OCH3 is 1. The van der Waals surface area contributed by atoms with Crippen molar-refractivity contribution in [2.75, 3.05) is 33.3 Å². The maximum atomic E-state index is 14.0. The van der Waals surface area contributed by atoms with Crippen molar-refractivity contribution in [3.05, 3.63) is 101 Å². The lowest BCUT2D eigenvalue weighted by Gasteiger charge is -2.42. The maximum Gasteiger partial charge on any atom is 0.255 e. The van der Waals surface area contributed by atoms with Gasteiger partial charge in [-0.2, -0.15) is 0 Å². The van der Waals surface area contributed by atoms with Crippen LogP contribution >= 0.6 is 0 Å². The summed E-state index contributed by atoms with van der Waals surface area (Å²) in [6.45, 7) is 8.21. The van der Waals surface area contributed by atoms with Crippen LogP contribution < -0.4 is 10.1 Å². The molecule has 2 unspecified atom stereocenters. The molecule has 0 radical (unpaired) electrons. The Morgan fingerprint density at radius 2 is 1.62 bits per heavy atom. The smallest absolute Gasteiger partial charge is 0.255 e. The third-order valence-electron chi connectivity index (χ3n) is 7.47. The summed E-state index contributed by atoms with van der Waals surface area (Å²) in [5.74, 6) is -0.507. The van der Waals surface area contributed by atoms with Gasteiger partial charge in [-0.25, -0.2) is 4.39 Å². The molecule has 1 heterocycles. The number of fused-ring (bicyclic) bond motifs is 1. The van der Waals surface area contributed by atoms with Gasteiger partial charge in [0.1, 0.15) is 11.6 Å². The van der Waals surface area contributed by atoms with Crippen LogP contribution in [0.4, 0.5) is 4.39 Å². The van der Waals surface area contributed by atoms with E-state index in [0.717, 1.165) is 55.6 Å². The Morgan fingerprint density at radius 3 is 2.27 bits per heavy atom. The van der Waals surface area contributed by atoms with Crippen molar-refractivity contribution in [3.8, 4) is 5.75 Å². The Balaban J connectivity index is 1.66. The minimum atomic E-state index is -0.606. The summed E-state index contributed by atoms with van der Waals surface area (Å²) in [5.41, 5.74) is 2.87. The molecule has 0 saturated heterocycles. The zero-order chi connectivity index (χ0) is 28.5. The number of carbonyl (C=O) groups excluding carboxylic acids is 2. The summed E-state index contributed by atoms with van der Waals surface area (Å²) in [6, 6.07) is 20.5. The molecule has 40 heavy (non-hydrogen) atoms. The second-order valence-electron chi connectivity index (χ2n) is 10.3. The fourth-order valence-corrected chi connectivity index (χ4v) is 5.60. The number of nitrogens with one attached hydrogen (secondary N) is 1. The van der Waals surface area contributed by atoms with E-state index in [-0.39, 0.29) is 24.2 Å². The van der Waals surface area contributed by atoms with Gasteiger partial charge in [0.15, 0.2) is 0 Å². The van der Waals surface area contributed by atoms with Gasteiger partial charge in [-0.3, -0.25) is 9.59 Å². The van der Waals surface area contributed by atoms with Gasteiger partial charge in [0.25, 0.3) is 5.91 Å². The van der Waals surface area contributed by atoms with Crippen molar-refractivity contribution < 1.29 is 18.7 Å². The van der Waals surface area contributed by atoms with E-state index in [9.17, 15) is 14.0 Å². The molecular formula is C33H40FN3O3. The first-order chi connectivity index (χ1) is 19.5. The van der Waals surface area contributed by atoms with Gasteiger partial charge >= 0.3 is 0 Å². The number of benzene rings is 3. The number of amides is 2. The van der Waals surface area contributed by atoms with Crippen molar-refractivity contribution in [1.82, 2.24) is 15.1 Å². The highest BCUT2D eigenvalue weighted by molar-refractivity contribution is 6.01. The van der Waals surface area contributed by atoms with Crippen LogP contribution in [0.15, 0.2) is 72.8 Å². The largest absolute Gasteiger partial charge is 0.497 e. The number of nitrogens with zero attached hydrogens (tertiary/aromatic N) is 2. The molecule has 3 aromatic carbocycles. The molecule has 0 bridgehead atoms. The van der Waals surface area contributed by atoms with Crippen LogP contribution in [0.1, 0.15) is 72.1 Å². The number of carbonyl (C=O) groups is 2. The van der Waals surface area contributed by atoms with E-state index >= 15 is 0 Å². The lowest BCUT2D eigenvalue weighted by atomic mass is 9.79. The molecule has 1 aliphatic rings. The van der Waals surface area contributed by atoms with E-state index < -0.39 is 12.0 Å². The molecule has 7 heteroatoms. The van der Waals surface area contributed by atoms with E-state index in [1.807, 2.05) is 42.5 Å². The molecule has 6 nitrogen and oxygen atoms in total. The molecule has 0 fully saturated rings. The zero-order valence-electron chi connectivity index (χ0n) is 23.7. The molecule has 2 amide bonds. The maximum absolute atomic E-state index is 14.0. The Labute approximate surface area is 237 Å². The third-order valence-corrected chi connectivity index (χ3v) is 7.47. The van der Waals surface area contributed by atoms with Gasteiger partial charge in [0.05, 0.1) is 19.1 Å². The van der Waals surface area contributed by atoms with Crippen molar-refractivity contribution in [1.29, 1.82) is 0 Å². The van der Waals surface area contributed by atoms with Gasteiger partial charge in [-0.1, -0.05) is 56.3 Å². The van der Waals surface area contributed by atoms with Crippen molar-refractivity contribution >= 4 is 11.8 Å². The average molecular weight is 546 g/mol. The SMILES string of the molecule is CCCN(CCC)CCCNC(=O)C1c2ccccc2C(=O)N(Cc2ccc(F)cc2)C1c1ccc(OC)cc1. The topological polar surface area (TPSA) is 61.9 Å². The molecule has 0 saturated carbocycles. The third kappa shape index (κ3) is 6.89. The number of hydrogen-bond acceptors (Lipinski definition) is 4. The summed E-state index contributed by atoms with van der Waals surface area (Å²) < 4.78 is 19.0. The molecule has 1 N–H and O–H groups in total. The first-order valence-corrected chi connectivity index (χ1v) is 14.2. The van der Waals surface area contributed by atoms with E-state index in [4.69, 9.17) is 4.74 Å². The summed E-state index contributed by atoms with van der Waals surface area (Å²) in [5, 5.41) is 3.18. The van der Waals surface area contributed by atoms with Crippen LogP contribution in [0.5, 0.6) is 5.75 Å². The molecule has 4 rings (SSSR count). The highest BCUT2D eigenvalue weighted by Gasteiger charge is 2.44. The molecule has 0 aliphatic carbocycles. The van der Waals surface area contributed by atoms with Gasteiger partial charge in [-0.05, 0) is 85.9 Å². The first kappa shape index (κ1) is 29.3. The molecule has 1 aliphatic heterocycles. The average Bonchev–Trinajstić information content (AvgIpc) is 2.97. The van der Waals surface area contributed by atoms with Crippen LogP contribution in [0, 0.1) is 5.82 Å². The van der Waals surface area contributed by atoms with Gasteiger partial charge < -0.3 is 19.9 Å². The Bertz CT molecular complexity index is 1260. The van der Waals surface area contributed by atoms with E-state index in [1.165, 1.54) is 12.1 Å². The molecule has 212 valence electrons. The highest BCUT2D eigenvalue weighted by atomic mass is 19.1. The van der Waals surface area contributed by atoms with Crippen LogP contribution in [-0.2, 0) is 11.3 Å². The Hall–Kier alpha value is -3.71. The van der Waals surface area contributed by atoms with Crippen molar-refractivity contribution in [2.45, 2.75) is 51.6 Å². The van der Waals surface area contributed by atoms with Crippen LogP contribution in [0.3, 0.4) is 0 Å². The van der Waals surface area contributed by atoms with E-state index in [0.29, 0.717) is 17.9 Å².